The van der Waals surface area contributed by atoms with Crippen LogP contribution in [0.1, 0.15) is 22.3 Å². The van der Waals surface area contributed by atoms with Crippen molar-refractivity contribution in [2.75, 3.05) is 26.2 Å². The average Bonchev–Trinajstić information content (AvgIpc) is 2.84. The van der Waals surface area contributed by atoms with Crippen molar-refractivity contribution in [2.24, 2.45) is 0 Å². The molecule has 25 heavy (non-hydrogen) atoms. The molecule has 1 amide bonds. The molecule has 0 saturated carbocycles. The number of hydrogen-bond donors (Lipinski definition) is 0. The molecule has 2 aromatic carbocycles. The third kappa shape index (κ3) is 4.55. The van der Waals surface area contributed by atoms with Crippen LogP contribution in [0.5, 0.6) is 0 Å². The van der Waals surface area contributed by atoms with Gasteiger partial charge in [-0.1, -0.05) is 23.7 Å². The van der Waals surface area contributed by atoms with E-state index in [9.17, 15) is 13.6 Å². The van der Waals surface area contributed by atoms with Gasteiger partial charge in [-0.15, -0.1) is 0 Å². The molecule has 1 aliphatic rings. The molecular formula is C19H19ClF2N2O. The summed E-state index contributed by atoms with van der Waals surface area (Å²) in [6.07, 6.45) is 0.801. The molecule has 1 saturated heterocycles. The summed E-state index contributed by atoms with van der Waals surface area (Å²) in [7, 11) is 0. The van der Waals surface area contributed by atoms with E-state index >= 15 is 0 Å². The van der Waals surface area contributed by atoms with Crippen LogP contribution in [0.2, 0.25) is 5.02 Å². The number of hydrogen-bond acceptors (Lipinski definition) is 2. The first-order valence-electron chi connectivity index (χ1n) is 8.24. The number of carbonyl (C=O) groups is 1. The number of carbonyl (C=O) groups excluding carboxylic acids is 1. The molecular weight excluding hydrogens is 346 g/mol. The van der Waals surface area contributed by atoms with Crippen LogP contribution in [0.4, 0.5) is 8.78 Å². The fourth-order valence-corrected chi connectivity index (χ4v) is 3.18. The lowest BCUT2D eigenvalue weighted by atomic mass is 10.2. The van der Waals surface area contributed by atoms with E-state index in [0.29, 0.717) is 31.2 Å². The quantitative estimate of drug-likeness (QED) is 0.822. The Bertz CT molecular complexity index is 752. The number of rotatable bonds is 3. The zero-order valence-electron chi connectivity index (χ0n) is 13.7. The average molecular weight is 365 g/mol. The molecule has 0 radical (unpaired) electrons. The lowest BCUT2D eigenvalue weighted by Crippen LogP contribution is -2.35. The second-order valence-electron chi connectivity index (χ2n) is 6.17. The summed E-state index contributed by atoms with van der Waals surface area (Å²) in [5, 5.41) is 0.345. The third-order valence-corrected chi connectivity index (χ3v) is 4.59. The van der Waals surface area contributed by atoms with E-state index in [0.717, 1.165) is 18.5 Å². The lowest BCUT2D eigenvalue weighted by molar-refractivity contribution is 0.0756. The van der Waals surface area contributed by atoms with Crippen molar-refractivity contribution in [2.45, 2.75) is 13.0 Å². The van der Waals surface area contributed by atoms with Gasteiger partial charge in [-0.25, -0.2) is 8.78 Å². The highest BCUT2D eigenvalue weighted by atomic mass is 35.5. The third-order valence-electron chi connectivity index (χ3n) is 4.35. The van der Waals surface area contributed by atoms with Crippen LogP contribution in [-0.2, 0) is 6.54 Å². The molecule has 0 aliphatic carbocycles. The maximum atomic E-state index is 13.9. The maximum Gasteiger partial charge on any atom is 0.256 e. The fraction of sp³-hybridized carbons (Fsp3) is 0.316. The smallest absolute Gasteiger partial charge is 0.256 e. The van der Waals surface area contributed by atoms with E-state index in [-0.39, 0.29) is 17.3 Å². The Morgan fingerprint density at radius 2 is 1.76 bits per heavy atom. The van der Waals surface area contributed by atoms with Crippen LogP contribution < -0.4 is 0 Å². The fourth-order valence-electron chi connectivity index (χ4n) is 3.01. The van der Waals surface area contributed by atoms with Crippen molar-refractivity contribution in [3.8, 4) is 0 Å². The SMILES string of the molecule is O=C(c1cc(Cl)ccc1F)N1CCCN(Cc2ccc(F)cc2)CC1. The van der Waals surface area contributed by atoms with Crippen molar-refractivity contribution in [3.05, 3.63) is 70.2 Å². The van der Waals surface area contributed by atoms with Gasteiger partial charge in [0.25, 0.3) is 5.91 Å². The molecule has 1 heterocycles. The highest BCUT2D eigenvalue weighted by Crippen LogP contribution is 2.18. The van der Waals surface area contributed by atoms with E-state index in [1.54, 1.807) is 17.0 Å². The van der Waals surface area contributed by atoms with Gasteiger partial charge in [0, 0.05) is 37.7 Å². The Balaban J connectivity index is 1.64. The van der Waals surface area contributed by atoms with Crippen molar-refractivity contribution in [3.63, 3.8) is 0 Å². The Morgan fingerprint density at radius 1 is 1.00 bits per heavy atom. The minimum Gasteiger partial charge on any atom is -0.337 e. The number of nitrogens with zero attached hydrogens (tertiary/aromatic N) is 2. The first-order valence-corrected chi connectivity index (χ1v) is 8.62. The molecule has 132 valence electrons. The topological polar surface area (TPSA) is 23.6 Å². The summed E-state index contributed by atoms with van der Waals surface area (Å²) in [5.41, 5.74) is 1.04. The van der Waals surface area contributed by atoms with Crippen LogP contribution in [0, 0.1) is 11.6 Å². The summed E-state index contributed by atoms with van der Waals surface area (Å²) in [6.45, 7) is 3.31. The van der Waals surface area contributed by atoms with Crippen molar-refractivity contribution in [1.29, 1.82) is 0 Å². The van der Waals surface area contributed by atoms with Gasteiger partial charge >= 0.3 is 0 Å². The number of amides is 1. The van der Waals surface area contributed by atoms with Gasteiger partial charge in [0.05, 0.1) is 5.56 Å². The van der Waals surface area contributed by atoms with Gasteiger partial charge in [0.15, 0.2) is 0 Å². The van der Waals surface area contributed by atoms with Gasteiger partial charge < -0.3 is 4.90 Å². The van der Waals surface area contributed by atoms with Gasteiger partial charge in [0.1, 0.15) is 11.6 Å². The summed E-state index contributed by atoms with van der Waals surface area (Å²) in [6, 6.07) is 10.5. The van der Waals surface area contributed by atoms with E-state index in [4.69, 9.17) is 11.6 Å². The predicted octanol–water partition coefficient (Wildman–Crippen LogP) is 3.97. The molecule has 3 rings (SSSR count). The monoisotopic (exact) mass is 364 g/mol. The van der Waals surface area contributed by atoms with Gasteiger partial charge in [-0.2, -0.15) is 0 Å². The summed E-state index contributed by atoms with van der Waals surface area (Å²) in [4.78, 5) is 16.5. The minimum atomic E-state index is -0.554. The zero-order chi connectivity index (χ0) is 17.8. The second-order valence-corrected chi connectivity index (χ2v) is 6.61. The Labute approximate surface area is 150 Å². The van der Waals surface area contributed by atoms with E-state index < -0.39 is 5.82 Å². The molecule has 0 spiro atoms. The van der Waals surface area contributed by atoms with Gasteiger partial charge in [0.2, 0.25) is 0 Å². The maximum absolute atomic E-state index is 13.9. The van der Waals surface area contributed by atoms with Crippen LogP contribution >= 0.6 is 11.6 Å². The normalized spacial score (nSPS) is 15.9. The van der Waals surface area contributed by atoms with Gasteiger partial charge in [-0.05, 0) is 42.3 Å². The second kappa shape index (κ2) is 7.93. The van der Waals surface area contributed by atoms with Crippen LogP contribution in [0.15, 0.2) is 42.5 Å². The van der Waals surface area contributed by atoms with Crippen molar-refractivity contribution in [1.82, 2.24) is 9.80 Å². The Hall–Kier alpha value is -1.98. The minimum absolute atomic E-state index is 0.0134. The molecule has 2 aromatic rings. The van der Waals surface area contributed by atoms with Crippen LogP contribution in [0.25, 0.3) is 0 Å². The summed E-state index contributed by atoms with van der Waals surface area (Å²) >= 11 is 5.88. The molecule has 0 bridgehead atoms. The number of halogens is 3. The molecule has 0 atom stereocenters. The van der Waals surface area contributed by atoms with Crippen LogP contribution in [0.3, 0.4) is 0 Å². The lowest BCUT2D eigenvalue weighted by Gasteiger charge is -2.22. The van der Waals surface area contributed by atoms with Crippen molar-refractivity contribution < 1.29 is 13.6 Å². The highest BCUT2D eigenvalue weighted by Gasteiger charge is 2.22. The van der Waals surface area contributed by atoms with Gasteiger partial charge in [-0.3, -0.25) is 9.69 Å². The van der Waals surface area contributed by atoms with Crippen molar-refractivity contribution >= 4 is 17.5 Å². The summed E-state index contributed by atoms with van der Waals surface area (Å²) < 4.78 is 26.9. The molecule has 1 fully saturated rings. The molecule has 0 unspecified atom stereocenters. The Kier molecular flexibility index (Phi) is 5.66. The first kappa shape index (κ1) is 17.8. The van der Waals surface area contributed by atoms with Crippen LogP contribution in [-0.4, -0.2) is 41.9 Å². The van der Waals surface area contributed by atoms with E-state index in [2.05, 4.69) is 4.90 Å². The number of benzene rings is 2. The standard InChI is InChI=1S/C19H19ClF2N2O/c20-15-4-7-18(22)17(12-15)19(25)24-9-1-8-23(10-11-24)13-14-2-5-16(21)6-3-14/h2-7,12H,1,8-11,13H2. The largest absolute Gasteiger partial charge is 0.337 e. The highest BCUT2D eigenvalue weighted by molar-refractivity contribution is 6.31. The molecule has 0 N–H and O–H groups in total. The predicted molar refractivity (Wildman–Crippen MR) is 93.6 cm³/mol. The summed E-state index contributed by atoms with van der Waals surface area (Å²) in [5.74, 6) is -1.13. The zero-order valence-corrected chi connectivity index (χ0v) is 14.5. The Morgan fingerprint density at radius 3 is 2.52 bits per heavy atom. The van der Waals surface area contributed by atoms with E-state index in [1.807, 2.05) is 0 Å². The molecule has 1 aliphatic heterocycles. The van der Waals surface area contributed by atoms with E-state index in [1.165, 1.54) is 30.3 Å². The molecule has 0 aromatic heterocycles. The molecule has 3 nitrogen and oxygen atoms in total. The molecule has 6 heteroatoms. The first-order chi connectivity index (χ1) is 12.0.